The Morgan fingerprint density at radius 1 is 1.05 bits per heavy atom. The molecule has 0 atom stereocenters. The highest BCUT2D eigenvalue weighted by Crippen LogP contribution is 2.26. The number of benzene rings is 1. The lowest BCUT2D eigenvalue weighted by atomic mass is 10.1. The van der Waals surface area contributed by atoms with E-state index < -0.39 is 0 Å². The summed E-state index contributed by atoms with van der Waals surface area (Å²) in [5.41, 5.74) is 2.28. The highest BCUT2D eigenvalue weighted by molar-refractivity contribution is 7.12. The van der Waals surface area contributed by atoms with Gasteiger partial charge in [0, 0.05) is 25.4 Å². The van der Waals surface area contributed by atoms with Crippen molar-refractivity contribution in [3.8, 4) is 11.1 Å². The van der Waals surface area contributed by atoms with Gasteiger partial charge in [-0.2, -0.15) is 0 Å². The summed E-state index contributed by atoms with van der Waals surface area (Å²) in [4.78, 5) is 15.3. The zero-order valence-electron chi connectivity index (χ0n) is 12.0. The van der Waals surface area contributed by atoms with Gasteiger partial charge in [0.1, 0.15) is 0 Å². The van der Waals surface area contributed by atoms with Crippen molar-refractivity contribution < 1.29 is 4.79 Å². The van der Waals surface area contributed by atoms with Crippen molar-refractivity contribution >= 4 is 17.1 Å². The number of carbonyl (C=O) groups is 1. The van der Waals surface area contributed by atoms with Crippen molar-refractivity contribution in [2.24, 2.45) is 0 Å². The van der Waals surface area contributed by atoms with E-state index in [0.29, 0.717) is 0 Å². The third kappa shape index (κ3) is 3.61. The van der Waals surface area contributed by atoms with Gasteiger partial charge in [0.15, 0.2) is 5.78 Å². The zero-order valence-corrected chi connectivity index (χ0v) is 12.8. The van der Waals surface area contributed by atoms with E-state index in [2.05, 4.69) is 22.4 Å². The minimum Gasteiger partial charge on any atom is -0.377 e. The van der Waals surface area contributed by atoms with E-state index >= 15 is 0 Å². The normalized spacial score (nSPS) is 15.5. The van der Waals surface area contributed by atoms with Gasteiger partial charge in [-0.25, -0.2) is 0 Å². The predicted molar refractivity (Wildman–Crippen MR) is 88.6 cm³/mol. The lowest BCUT2D eigenvalue weighted by Gasteiger charge is -2.24. The number of hydrogen-bond acceptors (Lipinski definition) is 3. The molecule has 0 unspecified atom stereocenters. The summed E-state index contributed by atoms with van der Waals surface area (Å²) in [6.45, 7) is 2.15. The van der Waals surface area contributed by atoms with Crippen LogP contribution in [0.5, 0.6) is 0 Å². The van der Waals surface area contributed by atoms with Crippen LogP contribution in [0.2, 0.25) is 0 Å². The number of piperidine rings is 1. The second-order valence-electron chi connectivity index (χ2n) is 5.34. The fourth-order valence-electron chi connectivity index (χ4n) is 2.57. The van der Waals surface area contributed by atoms with Crippen molar-refractivity contribution in [3.05, 3.63) is 58.9 Å². The first kappa shape index (κ1) is 14.1. The Balaban J connectivity index is 1.68. The molecule has 2 nitrogen and oxygen atoms in total. The number of ketones is 1. The molecule has 0 N–H and O–H groups in total. The number of rotatable bonds is 4. The summed E-state index contributed by atoms with van der Waals surface area (Å²) < 4.78 is 0. The van der Waals surface area contributed by atoms with Gasteiger partial charge in [0.05, 0.1) is 4.88 Å². The molecule has 0 aliphatic carbocycles. The first-order valence-corrected chi connectivity index (χ1v) is 8.31. The van der Waals surface area contributed by atoms with Gasteiger partial charge >= 0.3 is 0 Å². The Bertz CT molecular complexity index is 624. The second kappa shape index (κ2) is 6.72. The molecule has 21 heavy (non-hydrogen) atoms. The zero-order chi connectivity index (χ0) is 14.5. The molecular weight excluding hydrogens is 278 g/mol. The number of allylic oxidation sites excluding steroid dienone is 1. The molecular formula is C18H19NOS. The molecule has 0 radical (unpaired) electrons. The largest absolute Gasteiger partial charge is 0.377 e. The predicted octanol–water partition coefficient (Wildman–Crippen LogP) is 4.60. The van der Waals surface area contributed by atoms with Crippen LogP contribution in [-0.2, 0) is 0 Å². The Kier molecular flexibility index (Phi) is 4.51. The molecule has 3 heteroatoms. The molecule has 0 amide bonds. The van der Waals surface area contributed by atoms with Crippen LogP contribution < -0.4 is 0 Å². The average molecular weight is 297 g/mol. The molecule has 108 valence electrons. The lowest BCUT2D eigenvalue weighted by Crippen LogP contribution is -2.24. The summed E-state index contributed by atoms with van der Waals surface area (Å²) in [5.74, 6) is 0.104. The molecule has 1 saturated heterocycles. The van der Waals surface area contributed by atoms with E-state index in [0.717, 1.165) is 29.1 Å². The van der Waals surface area contributed by atoms with Crippen LogP contribution in [0.15, 0.2) is 54.1 Å². The lowest BCUT2D eigenvalue weighted by molar-refractivity contribution is 0.104. The van der Waals surface area contributed by atoms with Crippen LogP contribution in [0.1, 0.15) is 28.9 Å². The van der Waals surface area contributed by atoms with Crippen LogP contribution in [0.4, 0.5) is 0 Å². The molecule has 0 bridgehead atoms. The fraction of sp³-hybridized carbons (Fsp3) is 0.278. The maximum Gasteiger partial charge on any atom is 0.197 e. The molecule has 0 spiro atoms. The smallest absolute Gasteiger partial charge is 0.197 e. The molecule has 1 fully saturated rings. The molecule has 2 heterocycles. The molecule has 0 saturated carbocycles. The minimum absolute atomic E-state index is 0.104. The van der Waals surface area contributed by atoms with E-state index in [1.165, 1.54) is 30.6 Å². The topological polar surface area (TPSA) is 20.3 Å². The highest BCUT2D eigenvalue weighted by atomic mass is 32.1. The van der Waals surface area contributed by atoms with Crippen LogP contribution in [0.3, 0.4) is 0 Å². The van der Waals surface area contributed by atoms with E-state index in [9.17, 15) is 4.79 Å². The van der Waals surface area contributed by atoms with E-state index in [4.69, 9.17) is 0 Å². The standard InChI is InChI=1S/C18H19NOS/c20-17(9-12-19-10-5-2-6-11-19)18-13-16(14-21-18)15-7-3-1-4-8-15/h1,3-4,7-9,12-14H,2,5-6,10-11H2. The fourth-order valence-corrected chi connectivity index (χ4v) is 3.41. The van der Waals surface area contributed by atoms with Gasteiger partial charge in [-0.15, -0.1) is 11.3 Å². The van der Waals surface area contributed by atoms with Crippen molar-refractivity contribution in [1.29, 1.82) is 0 Å². The molecule has 3 rings (SSSR count). The van der Waals surface area contributed by atoms with E-state index in [-0.39, 0.29) is 5.78 Å². The number of hydrogen-bond donors (Lipinski definition) is 0. The van der Waals surface area contributed by atoms with Gasteiger partial charge in [-0.3, -0.25) is 4.79 Å². The number of nitrogens with zero attached hydrogens (tertiary/aromatic N) is 1. The number of thiophene rings is 1. The van der Waals surface area contributed by atoms with Gasteiger partial charge < -0.3 is 4.90 Å². The Labute approximate surface area is 129 Å². The Morgan fingerprint density at radius 3 is 2.57 bits per heavy atom. The van der Waals surface area contributed by atoms with Gasteiger partial charge in [0.2, 0.25) is 0 Å². The number of carbonyl (C=O) groups excluding carboxylic acids is 1. The van der Waals surface area contributed by atoms with Crippen molar-refractivity contribution in [2.45, 2.75) is 19.3 Å². The highest BCUT2D eigenvalue weighted by Gasteiger charge is 2.09. The Hall–Kier alpha value is -1.87. The SMILES string of the molecule is O=C(C=CN1CCCCC1)c1cc(-c2ccccc2)cs1. The van der Waals surface area contributed by atoms with E-state index in [1.807, 2.05) is 30.5 Å². The monoisotopic (exact) mass is 297 g/mol. The van der Waals surface area contributed by atoms with Gasteiger partial charge in [-0.1, -0.05) is 30.3 Å². The van der Waals surface area contributed by atoms with Crippen molar-refractivity contribution in [2.75, 3.05) is 13.1 Å². The Morgan fingerprint density at radius 2 is 1.81 bits per heavy atom. The first-order valence-electron chi connectivity index (χ1n) is 7.43. The average Bonchev–Trinajstić information content (AvgIpc) is 3.04. The number of likely N-dealkylation sites (tertiary alicyclic amines) is 1. The van der Waals surface area contributed by atoms with Crippen LogP contribution in [-0.4, -0.2) is 23.8 Å². The van der Waals surface area contributed by atoms with Gasteiger partial charge in [0.25, 0.3) is 0 Å². The molecule has 1 aromatic carbocycles. The summed E-state index contributed by atoms with van der Waals surface area (Å²) in [6.07, 6.45) is 7.45. The molecule has 1 aromatic heterocycles. The minimum atomic E-state index is 0.104. The maximum atomic E-state index is 12.2. The third-order valence-corrected chi connectivity index (χ3v) is 4.72. The quantitative estimate of drug-likeness (QED) is 0.607. The summed E-state index contributed by atoms with van der Waals surface area (Å²) in [5, 5.41) is 2.05. The van der Waals surface area contributed by atoms with Crippen molar-refractivity contribution in [3.63, 3.8) is 0 Å². The van der Waals surface area contributed by atoms with Crippen LogP contribution in [0.25, 0.3) is 11.1 Å². The summed E-state index contributed by atoms with van der Waals surface area (Å²) in [6, 6.07) is 12.2. The summed E-state index contributed by atoms with van der Waals surface area (Å²) in [7, 11) is 0. The molecule has 1 aliphatic heterocycles. The maximum absolute atomic E-state index is 12.2. The van der Waals surface area contributed by atoms with Gasteiger partial charge in [-0.05, 0) is 41.8 Å². The van der Waals surface area contributed by atoms with Crippen LogP contribution >= 0.6 is 11.3 Å². The van der Waals surface area contributed by atoms with E-state index in [1.54, 1.807) is 6.08 Å². The molecule has 2 aromatic rings. The summed E-state index contributed by atoms with van der Waals surface area (Å²) >= 11 is 1.52. The first-order chi connectivity index (χ1) is 10.3. The third-order valence-electron chi connectivity index (χ3n) is 3.78. The molecule has 1 aliphatic rings. The second-order valence-corrected chi connectivity index (χ2v) is 6.25. The van der Waals surface area contributed by atoms with Crippen LogP contribution in [0, 0.1) is 0 Å². The van der Waals surface area contributed by atoms with Crippen molar-refractivity contribution in [1.82, 2.24) is 4.90 Å².